The van der Waals surface area contributed by atoms with Crippen LogP contribution in [0.1, 0.15) is 68.5 Å². The van der Waals surface area contributed by atoms with Gasteiger partial charge in [0.1, 0.15) is 5.58 Å². The number of carboxylic acid groups (broad SMARTS) is 2. The first-order valence-electron chi connectivity index (χ1n) is 10.6. The lowest BCUT2D eigenvalue weighted by atomic mass is 9.96. The molecule has 1 aromatic heterocycles. The molecule has 0 radical (unpaired) electrons. The molecule has 0 saturated carbocycles. The van der Waals surface area contributed by atoms with E-state index in [9.17, 15) is 29.7 Å². The first kappa shape index (κ1) is 24.9. The fourth-order valence-corrected chi connectivity index (χ4v) is 4.56. The molecule has 2 atom stereocenters. The van der Waals surface area contributed by atoms with E-state index in [2.05, 4.69) is 0 Å². The smallest absolute Gasteiger partial charge is 0.371 e. The molecule has 0 aliphatic rings. The number of aliphatic carboxylic acids is 1. The summed E-state index contributed by atoms with van der Waals surface area (Å²) in [5, 5.41) is 29.3. The van der Waals surface area contributed by atoms with Gasteiger partial charge in [0.15, 0.2) is 5.43 Å². The Morgan fingerprint density at radius 1 is 1.10 bits per heavy atom. The molecule has 2 aromatic rings. The molecule has 31 heavy (non-hydrogen) atoms. The minimum atomic E-state index is -1.30. The highest BCUT2D eigenvalue weighted by molar-refractivity contribution is 7.99. The van der Waals surface area contributed by atoms with Crippen LogP contribution in [0.4, 0.5) is 0 Å². The molecule has 0 aliphatic carbocycles. The zero-order chi connectivity index (χ0) is 23.0. The summed E-state index contributed by atoms with van der Waals surface area (Å²) in [5.41, 5.74) is 0.625. The summed E-state index contributed by atoms with van der Waals surface area (Å²) in [7, 11) is 0. The van der Waals surface area contributed by atoms with Gasteiger partial charge in [-0.25, -0.2) is 4.79 Å². The number of aromatic carboxylic acids is 1. The van der Waals surface area contributed by atoms with Crippen LogP contribution in [0.2, 0.25) is 0 Å². The van der Waals surface area contributed by atoms with Gasteiger partial charge in [-0.1, -0.05) is 33.1 Å². The van der Waals surface area contributed by atoms with Crippen molar-refractivity contribution >= 4 is 34.7 Å². The van der Waals surface area contributed by atoms with Crippen LogP contribution in [0.15, 0.2) is 32.3 Å². The third kappa shape index (κ3) is 6.83. The van der Waals surface area contributed by atoms with Gasteiger partial charge in [-0.15, -0.1) is 11.8 Å². The summed E-state index contributed by atoms with van der Waals surface area (Å²) in [6.07, 6.45) is 3.91. The number of aliphatic hydroxyl groups excluding tert-OH is 1. The van der Waals surface area contributed by atoms with Gasteiger partial charge in [0.2, 0.25) is 5.76 Å². The second-order valence-electron chi connectivity index (χ2n) is 7.67. The molecule has 170 valence electrons. The highest BCUT2D eigenvalue weighted by atomic mass is 32.2. The standard InChI is InChI=1S/C23H30O7S/c1-3-5-7-14(22(26)27)8-9-15(24)13-31-20-11-10-16-18(25)12-19(23(28)29)30-21(16)17(20)6-4-2/h10-12,14-15,24H,3-9,13H2,1-2H3,(H,26,27)(H,28,29)/t14-,15-/m1/s1. The minimum Gasteiger partial charge on any atom is -0.481 e. The second-order valence-corrected chi connectivity index (χ2v) is 8.73. The Morgan fingerprint density at radius 3 is 2.45 bits per heavy atom. The van der Waals surface area contributed by atoms with E-state index < -0.39 is 35.1 Å². The van der Waals surface area contributed by atoms with Crippen molar-refractivity contribution in [3.05, 3.63) is 39.7 Å². The fraction of sp³-hybridized carbons (Fsp3) is 0.522. The summed E-state index contributed by atoms with van der Waals surface area (Å²) in [5.74, 6) is -2.60. The molecule has 0 aliphatic heterocycles. The van der Waals surface area contributed by atoms with Crippen LogP contribution >= 0.6 is 11.8 Å². The van der Waals surface area contributed by atoms with Crippen LogP contribution in [0.5, 0.6) is 0 Å². The molecule has 0 amide bonds. The van der Waals surface area contributed by atoms with Crippen molar-refractivity contribution < 1.29 is 29.3 Å². The maximum absolute atomic E-state index is 12.3. The highest BCUT2D eigenvalue weighted by Crippen LogP contribution is 2.31. The molecule has 7 nitrogen and oxygen atoms in total. The number of fused-ring (bicyclic) bond motifs is 1. The van der Waals surface area contributed by atoms with E-state index >= 15 is 0 Å². The van der Waals surface area contributed by atoms with Gasteiger partial charge in [-0.05, 0) is 37.8 Å². The van der Waals surface area contributed by atoms with Crippen molar-refractivity contribution in [3.63, 3.8) is 0 Å². The van der Waals surface area contributed by atoms with E-state index in [4.69, 9.17) is 4.42 Å². The number of hydrogen-bond donors (Lipinski definition) is 3. The Labute approximate surface area is 185 Å². The van der Waals surface area contributed by atoms with Gasteiger partial charge < -0.3 is 19.7 Å². The first-order chi connectivity index (χ1) is 14.8. The molecule has 1 aromatic carbocycles. The van der Waals surface area contributed by atoms with Crippen molar-refractivity contribution in [3.8, 4) is 0 Å². The van der Waals surface area contributed by atoms with Crippen LogP contribution in [-0.4, -0.2) is 39.1 Å². The number of aryl methyl sites for hydroxylation is 1. The normalized spacial score (nSPS) is 13.3. The lowest BCUT2D eigenvalue weighted by Gasteiger charge is -2.16. The SMILES string of the molecule is CCCC[C@H](CC[C@@H](O)CSc1ccc2c(=O)cc(C(=O)O)oc2c1CCC)C(=O)O. The van der Waals surface area contributed by atoms with Crippen molar-refractivity contribution in [2.24, 2.45) is 5.92 Å². The molecule has 1 heterocycles. The van der Waals surface area contributed by atoms with Gasteiger partial charge in [0.25, 0.3) is 0 Å². The average molecular weight is 451 g/mol. The fourth-order valence-electron chi connectivity index (χ4n) is 3.49. The third-order valence-corrected chi connectivity index (χ3v) is 6.45. The number of unbranched alkanes of at least 4 members (excludes halogenated alkanes) is 1. The molecule has 8 heteroatoms. The van der Waals surface area contributed by atoms with Gasteiger partial charge in [-0.3, -0.25) is 9.59 Å². The molecule has 0 unspecified atom stereocenters. The number of hydrogen-bond acceptors (Lipinski definition) is 6. The zero-order valence-electron chi connectivity index (χ0n) is 17.9. The predicted molar refractivity (Wildman–Crippen MR) is 120 cm³/mol. The topological polar surface area (TPSA) is 125 Å². The Hall–Kier alpha value is -2.32. The molecule has 0 fully saturated rings. The van der Waals surface area contributed by atoms with Crippen LogP contribution in [0, 0.1) is 5.92 Å². The van der Waals surface area contributed by atoms with E-state index in [0.29, 0.717) is 36.8 Å². The number of aliphatic hydroxyl groups is 1. The minimum absolute atomic E-state index is 0.275. The number of carbonyl (C=O) groups is 2. The van der Waals surface area contributed by atoms with E-state index in [1.54, 1.807) is 12.1 Å². The van der Waals surface area contributed by atoms with Gasteiger partial charge in [-0.2, -0.15) is 0 Å². The lowest BCUT2D eigenvalue weighted by molar-refractivity contribution is -0.142. The van der Waals surface area contributed by atoms with Gasteiger partial charge >= 0.3 is 11.9 Å². The zero-order valence-corrected chi connectivity index (χ0v) is 18.7. The quantitative estimate of drug-likeness (QED) is 0.379. The Morgan fingerprint density at radius 2 is 1.84 bits per heavy atom. The van der Waals surface area contributed by atoms with Crippen LogP contribution in [-0.2, 0) is 11.2 Å². The van der Waals surface area contributed by atoms with Crippen LogP contribution < -0.4 is 5.43 Å². The van der Waals surface area contributed by atoms with E-state index in [1.165, 1.54) is 11.8 Å². The third-order valence-electron chi connectivity index (χ3n) is 5.20. The Bertz CT molecular complexity index is 966. The summed E-state index contributed by atoms with van der Waals surface area (Å²) in [4.78, 5) is 35.8. The van der Waals surface area contributed by atoms with Crippen molar-refractivity contribution in [2.45, 2.75) is 69.8 Å². The monoisotopic (exact) mass is 450 g/mol. The average Bonchev–Trinajstić information content (AvgIpc) is 2.72. The Kier molecular flexibility index (Phi) is 9.58. The molecule has 0 bridgehead atoms. The molecular formula is C23H30O7S. The summed E-state index contributed by atoms with van der Waals surface area (Å²) in [6, 6.07) is 4.39. The van der Waals surface area contributed by atoms with Gasteiger partial charge in [0.05, 0.1) is 17.4 Å². The largest absolute Gasteiger partial charge is 0.481 e. The molecule has 3 N–H and O–H groups in total. The summed E-state index contributed by atoms with van der Waals surface area (Å²) < 4.78 is 5.54. The maximum atomic E-state index is 12.3. The van der Waals surface area contributed by atoms with Gasteiger partial charge in [0, 0.05) is 22.3 Å². The highest BCUT2D eigenvalue weighted by Gasteiger charge is 2.20. The van der Waals surface area contributed by atoms with E-state index in [0.717, 1.165) is 35.8 Å². The van der Waals surface area contributed by atoms with Crippen LogP contribution in [0.25, 0.3) is 11.0 Å². The van der Waals surface area contributed by atoms with Crippen LogP contribution in [0.3, 0.4) is 0 Å². The van der Waals surface area contributed by atoms with E-state index in [1.807, 2.05) is 13.8 Å². The molecule has 0 spiro atoms. The van der Waals surface area contributed by atoms with Crippen molar-refractivity contribution in [2.75, 3.05) is 5.75 Å². The summed E-state index contributed by atoms with van der Waals surface area (Å²) >= 11 is 1.40. The first-order valence-corrected chi connectivity index (χ1v) is 11.6. The second kappa shape index (κ2) is 11.9. The number of benzene rings is 1. The maximum Gasteiger partial charge on any atom is 0.371 e. The Balaban J connectivity index is 2.16. The predicted octanol–water partition coefficient (Wildman–Crippen LogP) is 4.57. The van der Waals surface area contributed by atoms with Crippen molar-refractivity contribution in [1.82, 2.24) is 0 Å². The molecule has 2 rings (SSSR count). The molecular weight excluding hydrogens is 420 g/mol. The number of thioether (sulfide) groups is 1. The number of carboxylic acids is 2. The summed E-state index contributed by atoms with van der Waals surface area (Å²) in [6.45, 7) is 3.99. The van der Waals surface area contributed by atoms with Crippen molar-refractivity contribution in [1.29, 1.82) is 0 Å². The molecule has 0 saturated heterocycles. The number of rotatable bonds is 13. The van der Waals surface area contributed by atoms with E-state index in [-0.39, 0.29) is 5.58 Å². The lowest BCUT2D eigenvalue weighted by Crippen LogP contribution is -2.18.